The zero-order valence-corrected chi connectivity index (χ0v) is 15.4. The lowest BCUT2D eigenvalue weighted by Crippen LogP contribution is -2.41. The van der Waals surface area contributed by atoms with Gasteiger partial charge in [-0.05, 0) is 63.1 Å². The number of rotatable bonds is 5. The Balaban J connectivity index is 1.55. The van der Waals surface area contributed by atoms with Gasteiger partial charge in [-0.15, -0.1) is 0 Å². The van der Waals surface area contributed by atoms with Crippen molar-refractivity contribution < 1.29 is 14.0 Å². The summed E-state index contributed by atoms with van der Waals surface area (Å²) in [5.74, 6) is 0.815. The van der Waals surface area contributed by atoms with Crippen molar-refractivity contribution in [2.75, 3.05) is 5.73 Å². The van der Waals surface area contributed by atoms with E-state index in [0.29, 0.717) is 6.61 Å². The molecule has 0 bridgehead atoms. The highest BCUT2D eigenvalue weighted by atomic mass is 16.7. The molecule has 1 saturated heterocycles. The molecule has 2 aromatic rings. The van der Waals surface area contributed by atoms with E-state index in [9.17, 15) is 0 Å². The van der Waals surface area contributed by atoms with Crippen molar-refractivity contribution >= 4 is 12.8 Å². The van der Waals surface area contributed by atoms with Gasteiger partial charge in [0.25, 0.3) is 0 Å². The van der Waals surface area contributed by atoms with Crippen LogP contribution in [-0.4, -0.2) is 18.3 Å². The summed E-state index contributed by atoms with van der Waals surface area (Å²) in [6.45, 7) is 8.82. The largest absolute Gasteiger partial charge is 0.489 e. The van der Waals surface area contributed by atoms with Crippen molar-refractivity contribution in [3.63, 3.8) is 0 Å². The Morgan fingerprint density at radius 3 is 1.92 bits per heavy atom. The third-order valence-electron chi connectivity index (χ3n) is 5.01. The van der Waals surface area contributed by atoms with Gasteiger partial charge in [0, 0.05) is 12.0 Å². The summed E-state index contributed by atoms with van der Waals surface area (Å²) in [5, 5.41) is 0. The average molecular weight is 339 g/mol. The lowest BCUT2D eigenvalue weighted by molar-refractivity contribution is 0.00578. The maximum atomic E-state index is 6.06. The van der Waals surface area contributed by atoms with Gasteiger partial charge < -0.3 is 19.8 Å². The van der Waals surface area contributed by atoms with Gasteiger partial charge >= 0.3 is 7.12 Å². The number of hydrogen-bond donors (Lipinski definition) is 1. The SMILES string of the molecule is CC1(C)OB(Cc2ccc(COc3ccc(N)cc3)cc2)OC1(C)C. The molecule has 2 aromatic carbocycles. The summed E-state index contributed by atoms with van der Waals surface area (Å²) in [5.41, 5.74) is 8.15. The molecule has 0 unspecified atom stereocenters. The van der Waals surface area contributed by atoms with E-state index in [2.05, 4.69) is 52.0 Å². The standard InChI is InChI=1S/C20H26BNO3/c1-19(2)20(3,4)25-21(24-19)13-15-5-7-16(8-6-15)14-23-18-11-9-17(22)10-12-18/h5-12H,13-14,22H2,1-4H3. The molecule has 132 valence electrons. The first-order valence-electron chi connectivity index (χ1n) is 8.67. The summed E-state index contributed by atoms with van der Waals surface area (Å²) in [6, 6.07) is 15.8. The molecule has 1 heterocycles. The molecule has 1 fully saturated rings. The quantitative estimate of drug-likeness (QED) is 0.660. The molecule has 0 atom stereocenters. The van der Waals surface area contributed by atoms with E-state index < -0.39 is 0 Å². The van der Waals surface area contributed by atoms with Crippen LogP contribution in [0.5, 0.6) is 5.75 Å². The van der Waals surface area contributed by atoms with Gasteiger partial charge in [-0.2, -0.15) is 0 Å². The highest BCUT2D eigenvalue weighted by Gasteiger charge is 2.50. The summed E-state index contributed by atoms with van der Waals surface area (Å²) in [7, 11) is -0.207. The maximum absolute atomic E-state index is 6.06. The highest BCUT2D eigenvalue weighted by molar-refractivity contribution is 6.45. The van der Waals surface area contributed by atoms with Crippen LogP contribution < -0.4 is 10.5 Å². The van der Waals surface area contributed by atoms with Crippen molar-refractivity contribution in [1.82, 2.24) is 0 Å². The van der Waals surface area contributed by atoms with E-state index in [1.807, 2.05) is 24.3 Å². The molecule has 2 N–H and O–H groups in total. The molecule has 0 saturated carbocycles. The number of anilines is 1. The van der Waals surface area contributed by atoms with Crippen molar-refractivity contribution in [3.8, 4) is 5.75 Å². The topological polar surface area (TPSA) is 53.7 Å². The average Bonchev–Trinajstić information content (AvgIpc) is 2.75. The van der Waals surface area contributed by atoms with Crippen LogP contribution in [0.1, 0.15) is 38.8 Å². The van der Waals surface area contributed by atoms with E-state index in [1.54, 1.807) is 0 Å². The summed E-state index contributed by atoms with van der Waals surface area (Å²) < 4.78 is 17.9. The molecule has 0 radical (unpaired) electrons. The van der Waals surface area contributed by atoms with Gasteiger partial charge in [0.05, 0.1) is 11.2 Å². The Morgan fingerprint density at radius 2 is 1.36 bits per heavy atom. The molecule has 0 aromatic heterocycles. The molecule has 4 nitrogen and oxygen atoms in total. The van der Waals surface area contributed by atoms with Crippen LogP contribution in [0.25, 0.3) is 0 Å². The minimum atomic E-state index is -0.287. The number of benzene rings is 2. The van der Waals surface area contributed by atoms with E-state index >= 15 is 0 Å². The molecule has 0 amide bonds. The molecule has 25 heavy (non-hydrogen) atoms. The van der Waals surface area contributed by atoms with E-state index in [4.69, 9.17) is 19.8 Å². The molecular weight excluding hydrogens is 313 g/mol. The van der Waals surface area contributed by atoms with Gasteiger partial charge in [-0.25, -0.2) is 0 Å². The molecule has 0 spiro atoms. The van der Waals surface area contributed by atoms with Crippen LogP contribution >= 0.6 is 0 Å². The number of ether oxygens (including phenoxy) is 1. The number of hydrogen-bond acceptors (Lipinski definition) is 4. The van der Waals surface area contributed by atoms with Gasteiger partial charge in [0.1, 0.15) is 12.4 Å². The fourth-order valence-corrected chi connectivity index (χ4v) is 2.74. The second kappa shape index (κ2) is 6.73. The Kier molecular flexibility index (Phi) is 4.80. The third kappa shape index (κ3) is 4.17. The Labute approximate surface area is 150 Å². The molecular formula is C20H26BNO3. The first-order valence-corrected chi connectivity index (χ1v) is 8.67. The summed E-state index contributed by atoms with van der Waals surface area (Å²) >= 11 is 0. The summed E-state index contributed by atoms with van der Waals surface area (Å²) in [4.78, 5) is 0. The van der Waals surface area contributed by atoms with E-state index in [-0.39, 0.29) is 18.3 Å². The predicted octanol–water partition coefficient (Wildman–Crippen LogP) is 4.02. The lowest BCUT2D eigenvalue weighted by Gasteiger charge is -2.32. The van der Waals surface area contributed by atoms with Crippen LogP contribution in [0, 0.1) is 0 Å². The van der Waals surface area contributed by atoms with Crippen LogP contribution in [0.3, 0.4) is 0 Å². The van der Waals surface area contributed by atoms with Crippen molar-refractivity contribution in [3.05, 3.63) is 59.7 Å². The first-order chi connectivity index (χ1) is 11.7. The molecule has 1 aliphatic heterocycles. The number of nitrogens with two attached hydrogens (primary N) is 1. The normalized spacial score (nSPS) is 18.3. The van der Waals surface area contributed by atoms with Crippen LogP contribution in [0.15, 0.2) is 48.5 Å². The number of nitrogen functional groups attached to an aromatic ring is 1. The second-order valence-corrected chi connectivity index (χ2v) is 7.56. The lowest BCUT2D eigenvalue weighted by atomic mass is 9.80. The Hall–Kier alpha value is -1.98. The Bertz CT molecular complexity index is 695. The van der Waals surface area contributed by atoms with Crippen LogP contribution in [0.2, 0.25) is 0 Å². The first kappa shape index (κ1) is 17.8. The monoisotopic (exact) mass is 339 g/mol. The van der Waals surface area contributed by atoms with Crippen LogP contribution in [-0.2, 0) is 22.2 Å². The maximum Gasteiger partial charge on any atom is 0.462 e. The van der Waals surface area contributed by atoms with Gasteiger partial charge in [0.2, 0.25) is 0 Å². The van der Waals surface area contributed by atoms with Crippen molar-refractivity contribution in [2.45, 2.75) is 51.8 Å². The molecule has 5 heteroatoms. The van der Waals surface area contributed by atoms with Crippen molar-refractivity contribution in [1.29, 1.82) is 0 Å². The highest BCUT2D eigenvalue weighted by Crippen LogP contribution is 2.37. The van der Waals surface area contributed by atoms with Crippen LogP contribution in [0.4, 0.5) is 5.69 Å². The minimum absolute atomic E-state index is 0.207. The second-order valence-electron chi connectivity index (χ2n) is 7.56. The zero-order valence-electron chi connectivity index (χ0n) is 15.4. The smallest absolute Gasteiger partial charge is 0.462 e. The molecule has 0 aliphatic carbocycles. The zero-order chi connectivity index (χ0) is 18.1. The van der Waals surface area contributed by atoms with Gasteiger partial charge in [-0.1, -0.05) is 24.3 Å². The fourth-order valence-electron chi connectivity index (χ4n) is 2.74. The minimum Gasteiger partial charge on any atom is -0.489 e. The van der Waals surface area contributed by atoms with Crippen molar-refractivity contribution in [2.24, 2.45) is 0 Å². The molecule has 3 rings (SSSR count). The van der Waals surface area contributed by atoms with E-state index in [1.165, 1.54) is 5.56 Å². The third-order valence-corrected chi connectivity index (χ3v) is 5.01. The van der Waals surface area contributed by atoms with Gasteiger partial charge in [-0.3, -0.25) is 0 Å². The van der Waals surface area contributed by atoms with Gasteiger partial charge in [0.15, 0.2) is 0 Å². The fraction of sp³-hybridized carbons (Fsp3) is 0.400. The van der Waals surface area contributed by atoms with E-state index in [0.717, 1.165) is 23.3 Å². The Morgan fingerprint density at radius 1 is 0.840 bits per heavy atom. The summed E-state index contributed by atoms with van der Waals surface area (Å²) in [6.07, 6.45) is 0.742. The predicted molar refractivity (Wildman–Crippen MR) is 101 cm³/mol. The molecule has 1 aliphatic rings.